The Balaban J connectivity index is 2.01. The van der Waals surface area contributed by atoms with Crippen LogP contribution in [-0.2, 0) is 13.2 Å². The van der Waals surface area contributed by atoms with Crippen LogP contribution in [0, 0.1) is 5.82 Å². The molecule has 5 nitrogen and oxygen atoms in total. The number of aliphatic hydroxyl groups excluding tert-OH is 1. The van der Waals surface area contributed by atoms with Gasteiger partial charge in [0.1, 0.15) is 12.4 Å². The zero-order chi connectivity index (χ0) is 19.5. The fraction of sp³-hybridized carbons (Fsp3) is 0.400. The van der Waals surface area contributed by atoms with E-state index in [0.717, 1.165) is 18.7 Å². The van der Waals surface area contributed by atoms with Gasteiger partial charge in [0, 0.05) is 31.7 Å². The number of ether oxygens (including phenoxy) is 2. The second-order valence-electron chi connectivity index (χ2n) is 5.87. The zero-order valence-corrected chi connectivity index (χ0v) is 16.2. The minimum Gasteiger partial charge on any atom is -0.490 e. The second-order valence-corrected chi connectivity index (χ2v) is 6.28. The van der Waals surface area contributed by atoms with Crippen molar-refractivity contribution in [1.29, 1.82) is 0 Å². The molecule has 0 atom stereocenters. The summed E-state index contributed by atoms with van der Waals surface area (Å²) in [6.45, 7) is 5.26. The average Bonchev–Trinajstić information content (AvgIpc) is 2.65. The molecule has 0 unspecified atom stereocenters. The lowest BCUT2D eigenvalue weighted by molar-refractivity contribution is 0.266. The van der Waals surface area contributed by atoms with Crippen LogP contribution in [0.4, 0.5) is 4.39 Å². The van der Waals surface area contributed by atoms with Gasteiger partial charge in [0.15, 0.2) is 11.5 Å². The highest BCUT2D eigenvalue weighted by atomic mass is 35.5. The Hall–Kier alpha value is -1.86. The topological polar surface area (TPSA) is 62.8 Å². The number of hydrogen-bond acceptors (Lipinski definition) is 5. The summed E-state index contributed by atoms with van der Waals surface area (Å²) >= 11 is 6.39. The third kappa shape index (κ3) is 6.99. The standard InChI is InChI=1S/C20H26ClFN2O3/c1-2-26-19-12-15(13-24-8-7-23-9-10-25)11-17(21)20(19)27-14-16-5-3-4-6-18(16)22/h3-6,11-12,23-25H,2,7-10,13-14H2,1H3. The van der Waals surface area contributed by atoms with Crippen LogP contribution >= 0.6 is 11.6 Å². The van der Waals surface area contributed by atoms with E-state index in [1.165, 1.54) is 6.07 Å². The first kappa shape index (κ1) is 21.4. The Morgan fingerprint density at radius 1 is 1.07 bits per heavy atom. The molecular formula is C20H26ClFN2O3. The number of rotatable bonds is 12. The lowest BCUT2D eigenvalue weighted by Crippen LogP contribution is -2.28. The third-order valence-corrected chi connectivity index (χ3v) is 4.08. The molecule has 0 bridgehead atoms. The maximum Gasteiger partial charge on any atom is 0.180 e. The van der Waals surface area contributed by atoms with E-state index in [-0.39, 0.29) is 19.0 Å². The van der Waals surface area contributed by atoms with E-state index in [2.05, 4.69) is 10.6 Å². The van der Waals surface area contributed by atoms with Gasteiger partial charge in [-0.1, -0.05) is 29.8 Å². The van der Waals surface area contributed by atoms with E-state index in [1.807, 2.05) is 19.1 Å². The molecule has 148 valence electrons. The van der Waals surface area contributed by atoms with Gasteiger partial charge in [0.2, 0.25) is 0 Å². The lowest BCUT2D eigenvalue weighted by atomic mass is 10.2. The van der Waals surface area contributed by atoms with Crippen LogP contribution in [0.5, 0.6) is 11.5 Å². The molecule has 0 aliphatic rings. The number of halogens is 2. The third-order valence-electron chi connectivity index (χ3n) is 3.80. The SMILES string of the molecule is CCOc1cc(CNCCNCCO)cc(Cl)c1OCc1ccccc1F. The summed E-state index contributed by atoms with van der Waals surface area (Å²) in [4.78, 5) is 0. The first-order chi connectivity index (χ1) is 13.2. The van der Waals surface area contributed by atoms with Crippen molar-refractivity contribution in [2.45, 2.75) is 20.1 Å². The van der Waals surface area contributed by atoms with Gasteiger partial charge in [-0.15, -0.1) is 0 Å². The molecule has 2 aromatic rings. The summed E-state index contributed by atoms with van der Waals surface area (Å²) in [6.07, 6.45) is 0. The van der Waals surface area contributed by atoms with Crippen LogP contribution in [0.15, 0.2) is 36.4 Å². The van der Waals surface area contributed by atoms with Crippen LogP contribution in [-0.4, -0.2) is 38.0 Å². The minimum absolute atomic E-state index is 0.0700. The van der Waals surface area contributed by atoms with Crippen LogP contribution in [0.3, 0.4) is 0 Å². The normalized spacial score (nSPS) is 10.8. The molecule has 3 N–H and O–H groups in total. The largest absolute Gasteiger partial charge is 0.490 e. The Kier molecular flexibility index (Phi) is 9.35. The molecule has 0 saturated heterocycles. The summed E-state index contributed by atoms with van der Waals surface area (Å²) < 4.78 is 25.2. The predicted octanol–water partition coefficient (Wildman–Crippen LogP) is 3.13. The van der Waals surface area contributed by atoms with Crippen molar-refractivity contribution in [3.05, 3.63) is 58.4 Å². The number of nitrogens with one attached hydrogen (secondary N) is 2. The maximum atomic E-state index is 13.8. The van der Waals surface area contributed by atoms with Gasteiger partial charge < -0.3 is 25.2 Å². The van der Waals surface area contributed by atoms with Gasteiger partial charge in [-0.05, 0) is 30.7 Å². The van der Waals surface area contributed by atoms with E-state index in [4.69, 9.17) is 26.2 Å². The summed E-state index contributed by atoms with van der Waals surface area (Å²) in [5.74, 6) is 0.633. The Labute approximate surface area is 164 Å². The van der Waals surface area contributed by atoms with Crippen LogP contribution < -0.4 is 20.1 Å². The molecule has 0 radical (unpaired) electrons. The molecule has 0 saturated carbocycles. The Bertz CT molecular complexity index is 716. The van der Waals surface area contributed by atoms with Crippen LogP contribution in [0.2, 0.25) is 5.02 Å². The van der Waals surface area contributed by atoms with Gasteiger partial charge in [-0.2, -0.15) is 0 Å². The van der Waals surface area contributed by atoms with E-state index in [9.17, 15) is 4.39 Å². The summed E-state index contributed by atoms with van der Waals surface area (Å²) in [5, 5.41) is 15.5. The molecule has 27 heavy (non-hydrogen) atoms. The molecule has 0 spiro atoms. The number of hydrogen-bond donors (Lipinski definition) is 3. The van der Waals surface area contributed by atoms with Gasteiger partial charge >= 0.3 is 0 Å². The van der Waals surface area contributed by atoms with E-state index < -0.39 is 0 Å². The van der Waals surface area contributed by atoms with Crippen molar-refractivity contribution >= 4 is 11.6 Å². The summed E-state index contributed by atoms with van der Waals surface area (Å²) in [6, 6.07) is 10.2. The first-order valence-electron chi connectivity index (χ1n) is 8.99. The van der Waals surface area contributed by atoms with Crippen LogP contribution in [0.1, 0.15) is 18.1 Å². The van der Waals surface area contributed by atoms with Crippen molar-refractivity contribution in [2.24, 2.45) is 0 Å². The first-order valence-corrected chi connectivity index (χ1v) is 9.37. The fourth-order valence-electron chi connectivity index (χ4n) is 2.51. The van der Waals surface area contributed by atoms with Gasteiger partial charge in [0.05, 0.1) is 18.2 Å². The van der Waals surface area contributed by atoms with Crippen LogP contribution in [0.25, 0.3) is 0 Å². The van der Waals surface area contributed by atoms with E-state index in [0.29, 0.717) is 41.8 Å². The van der Waals surface area contributed by atoms with Crippen molar-refractivity contribution in [1.82, 2.24) is 10.6 Å². The van der Waals surface area contributed by atoms with Gasteiger partial charge in [0.25, 0.3) is 0 Å². The average molecular weight is 397 g/mol. The highest BCUT2D eigenvalue weighted by molar-refractivity contribution is 6.32. The molecule has 2 aromatic carbocycles. The van der Waals surface area contributed by atoms with E-state index >= 15 is 0 Å². The van der Waals surface area contributed by atoms with Gasteiger partial charge in [-0.25, -0.2) is 4.39 Å². The van der Waals surface area contributed by atoms with Crippen molar-refractivity contribution in [2.75, 3.05) is 32.8 Å². The smallest absolute Gasteiger partial charge is 0.180 e. The maximum absolute atomic E-state index is 13.8. The second kappa shape index (κ2) is 11.8. The molecule has 2 rings (SSSR count). The molecule has 7 heteroatoms. The highest BCUT2D eigenvalue weighted by Crippen LogP contribution is 2.37. The van der Waals surface area contributed by atoms with Crippen molar-refractivity contribution in [3.63, 3.8) is 0 Å². The Morgan fingerprint density at radius 3 is 2.59 bits per heavy atom. The van der Waals surface area contributed by atoms with Crippen molar-refractivity contribution < 1.29 is 19.0 Å². The summed E-state index contributed by atoms with van der Waals surface area (Å²) in [5.41, 5.74) is 1.42. The monoisotopic (exact) mass is 396 g/mol. The lowest BCUT2D eigenvalue weighted by Gasteiger charge is -2.16. The number of benzene rings is 2. The van der Waals surface area contributed by atoms with E-state index in [1.54, 1.807) is 18.2 Å². The fourth-order valence-corrected chi connectivity index (χ4v) is 2.79. The minimum atomic E-state index is -0.317. The highest BCUT2D eigenvalue weighted by Gasteiger charge is 2.14. The molecule has 0 amide bonds. The predicted molar refractivity (Wildman–Crippen MR) is 105 cm³/mol. The molecule has 0 aliphatic carbocycles. The molecule has 0 aromatic heterocycles. The Morgan fingerprint density at radius 2 is 1.85 bits per heavy atom. The quantitative estimate of drug-likeness (QED) is 0.481. The molecule has 0 heterocycles. The van der Waals surface area contributed by atoms with Crippen molar-refractivity contribution in [3.8, 4) is 11.5 Å². The molecule has 0 fully saturated rings. The molecule has 0 aliphatic heterocycles. The summed E-state index contributed by atoms with van der Waals surface area (Å²) in [7, 11) is 0. The number of aliphatic hydroxyl groups is 1. The zero-order valence-electron chi connectivity index (χ0n) is 15.4. The molecular weight excluding hydrogens is 371 g/mol. The van der Waals surface area contributed by atoms with Gasteiger partial charge in [-0.3, -0.25) is 0 Å².